The van der Waals surface area contributed by atoms with Gasteiger partial charge in [-0.3, -0.25) is 4.68 Å². The Morgan fingerprint density at radius 3 is 2.86 bits per heavy atom. The maximum absolute atomic E-state index is 13.5. The Kier molecular flexibility index (Phi) is 5.05. The second-order valence-corrected chi connectivity index (χ2v) is 4.54. The van der Waals surface area contributed by atoms with Gasteiger partial charge in [-0.15, -0.1) is 0 Å². The summed E-state index contributed by atoms with van der Waals surface area (Å²) < 4.78 is 20.1. The maximum Gasteiger partial charge on any atom is 0.341 e. The summed E-state index contributed by atoms with van der Waals surface area (Å²) in [5, 5.41) is 7.18. The van der Waals surface area contributed by atoms with E-state index in [-0.39, 0.29) is 5.82 Å². The lowest BCUT2D eigenvalue weighted by molar-refractivity contribution is 0.0524. The first kappa shape index (κ1) is 15.2. The normalized spacial score (nSPS) is 10.6. The molecule has 2 aromatic rings. The molecule has 0 aliphatic heterocycles. The van der Waals surface area contributed by atoms with E-state index in [1.54, 1.807) is 36.9 Å². The number of carbonyl (C=O) groups is 1. The van der Waals surface area contributed by atoms with Gasteiger partial charge in [-0.2, -0.15) is 5.10 Å². The molecule has 1 aromatic carbocycles. The van der Waals surface area contributed by atoms with Crippen LogP contribution in [0.5, 0.6) is 0 Å². The van der Waals surface area contributed by atoms with E-state index in [0.717, 1.165) is 0 Å². The van der Waals surface area contributed by atoms with E-state index in [1.807, 2.05) is 0 Å². The Morgan fingerprint density at radius 2 is 2.14 bits per heavy atom. The van der Waals surface area contributed by atoms with Crippen LogP contribution in [0.3, 0.4) is 0 Å². The molecular weight excluding hydrogens is 273 g/mol. The van der Waals surface area contributed by atoms with Crippen LogP contribution in [0.2, 0.25) is 0 Å². The predicted molar refractivity (Wildman–Crippen MR) is 76.1 cm³/mol. The molecule has 0 aliphatic rings. The average molecular weight is 291 g/mol. The van der Waals surface area contributed by atoms with E-state index in [2.05, 4.69) is 10.4 Å². The molecular formula is C15H18FN3O2. The van der Waals surface area contributed by atoms with Gasteiger partial charge < -0.3 is 10.1 Å². The van der Waals surface area contributed by atoms with Gasteiger partial charge >= 0.3 is 5.97 Å². The lowest BCUT2D eigenvalue weighted by Gasteiger charge is -2.08. The van der Waals surface area contributed by atoms with Crippen LogP contribution in [0.25, 0.3) is 0 Å². The number of rotatable bonds is 6. The van der Waals surface area contributed by atoms with E-state index >= 15 is 0 Å². The van der Waals surface area contributed by atoms with Crippen molar-refractivity contribution in [3.8, 4) is 0 Å². The Balaban J connectivity index is 2.02. The monoisotopic (exact) mass is 291 g/mol. The molecule has 0 atom stereocenters. The van der Waals surface area contributed by atoms with Crippen LogP contribution in [-0.4, -0.2) is 22.4 Å². The number of halogens is 1. The number of aryl methyl sites for hydroxylation is 1. The highest BCUT2D eigenvalue weighted by Gasteiger charge is 2.16. The zero-order valence-corrected chi connectivity index (χ0v) is 12.1. The summed E-state index contributed by atoms with van der Waals surface area (Å²) in [7, 11) is 1.75. The highest BCUT2D eigenvalue weighted by Crippen LogP contribution is 2.10. The minimum absolute atomic E-state index is 0.249. The summed E-state index contributed by atoms with van der Waals surface area (Å²) in [5.41, 5.74) is 1.72. The molecule has 0 saturated carbocycles. The van der Waals surface area contributed by atoms with Crippen LogP contribution in [-0.2, 0) is 24.9 Å². The van der Waals surface area contributed by atoms with E-state index in [0.29, 0.717) is 36.5 Å². The topological polar surface area (TPSA) is 56.1 Å². The molecule has 5 nitrogen and oxygen atoms in total. The molecule has 0 bridgehead atoms. The summed E-state index contributed by atoms with van der Waals surface area (Å²) in [6, 6.07) is 6.58. The second kappa shape index (κ2) is 6.99. The van der Waals surface area contributed by atoms with Gasteiger partial charge in [-0.1, -0.05) is 18.2 Å². The third kappa shape index (κ3) is 3.66. The van der Waals surface area contributed by atoms with Gasteiger partial charge in [0.2, 0.25) is 0 Å². The van der Waals surface area contributed by atoms with Crippen molar-refractivity contribution in [1.29, 1.82) is 0 Å². The number of ether oxygens (including phenoxy) is 1. The number of esters is 1. The van der Waals surface area contributed by atoms with Crippen molar-refractivity contribution >= 4 is 5.97 Å². The van der Waals surface area contributed by atoms with Crippen molar-refractivity contribution in [1.82, 2.24) is 15.1 Å². The molecule has 6 heteroatoms. The van der Waals surface area contributed by atoms with Gasteiger partial charge in [-0.25, -0.2) is 9.18 Å². The first-order chi connectivity index (χ1) is 10.1. The van der Waals surface area contributed by atoms with E-state index < -0.39 is 5.97 Å². The van der Waals surface area contributed by atoms with Crippen LogP contribution in [0.4, 0.5) is 4.39 Å². The number of hydrogen-bond acceptors (Lipinski definition) is 4. The van der Waals surface area contributed by atoms with Crippen molar-refractivity contribution < 1.29 is 13.9 Å². The number of hydrogen-bond donors (Lipinski definition) is 1. The molecule has 1 N–H and O–H groups in total. The van der Waals surface area contributed by atoms with Crippen molar-refractivity contribution in [3.63, 3.8) is 0 Å². The fourth-order valence-electron chi connectivity index (χ4n) is 2.01. The van der Waals surface area contributed by atoms with Crippen molar-refractivity contribution in [3.05, 3.63) is 53.1 Å². The van der Waals surface area contributed by atoms with Gasteiger partial charge in [0.15, 0.2) is 0 Å². The second-order valence-electron chi connectivity index (χ2n) is 4.54. The zero-order valence-electron chi connectivity index (χ0n) is 12.1. The molecule has 0 fully saturated rings. The minimum atomic E-state index is -0.395. The number of carbonyl (C=O) groups excluding carboxylic acids is 1. The van der Waals surface area contributed by atoms with Crippen LogP contribution in [0, 0.1) is 5.82 Å². The van der Waals surface area contributed by atoms with Crippen molar-refractivity contribution in [2.24, 2.45) is 7.05 Å². The van der Waals surface area contributed by atoms with Gasteiger partial charge in [-0.05, 0) is 13.0 Å². The Morgan fingerprint density at radius 1 is 1.38 bits per heavy atom. The van der Waals surface area contributed by atoms with E-state index in [9.17, 15) is 9.18 Å². The van der Waals surface area contributed by atoms with Crippen molar-refractivity contribution in [2.45, 2.75) is 20.0 Å². The highest BCUT2D eigenvalue weighted by molar-refractivity contribution is 5.90. The SMILES string of the molecule is CCOC(=O)c1cnn(C)c1CNCc1ccccc1F. The van der Waals surface area contributed by atoms with E-state index in [1.165, 1.54) is 12.3 Å². The molecule has 21 heavy (non-hydrogen) atoms. The molecule has 0 saturated heterocycles. The van der Waals surface area contributed by atoms with E-state index in [4.69, 9.17) is 4.74 Å². The van der Waals surface area contributed by atoms with Crippen LogP contribution >= 0.6 is 0 Å². The highest BCUT2D eigenvalue weighted by atomic mass is 19.1. The Bertz CT molecular complexity index is 625. The van der Waals surface area contributed by atoms with Crippen LogP contribution in [0.1, 0.15) is 28.5 Å². The van der Waals surface area contributed by atoms with Crippen molar-refractivity contribution in [2.75, 3.05) is 6.61 Å². The summed E-state index contributed by atoms with van der Waals surface area (Å²) in [6.07, 6.45) is 1.48. The quantitative estimate of drug-likeness (QED) is 0.827. The van der Waals surface area contributed by atoms with Gasteiger partial charge in [0.05, 0.1) is 18.5 Å². The molecule has 1 aromatic heterocycles. The standard InChI is InChI=1S/C15H18FN3O2/c1-3-21-15(20)12-9-18-19(2)14(12)10-17-8-11-6-4-5-7-13(11)16/h4-7,9,17H,3,8,10H2,1-2H3. The maximum atomic E-state index is 13.5. The molecule has 1 heterocycles. The number of nitrogens with one attached hydrogen (secondary N) is 1. The lowest BCUT2D eigenvalue weighted by atomic mass is 10.2. The van der Waals surface area contributed by atoms with Gasteiger partial charge in [0.25, 0.3) is 0 Å². The fraction of sp³-hybridized carbons (Fsp3) is 0.333. The summed E-state index contributed by atoms with van der Waals surface area (Å²) in [6.45, 7) is 2.85. The zero-order chi connectivity index (χ0) is 15.2. The predicted octanol–water partition coefficient (Wildman–Crippen LogP) is 2.03. The summed E-state index contributed by atoms with van der Waals surface area (Å²) >= 11 is 0. The van der Waals surface area contributed by atoms with Gasteiger partial charge in [0, 0.05) is 25.7 Å². The Hall–Kier alpha value is -2.21. The summed E-state index contributed by atoms with van der Waals surface area (Å²) in [4.78, 5) is 11.8. The largest absolute Gasteiger partial charge is 0.462 e. The first-order valence-corrected chi connectivity index (χ1v) is 6.75. The smallest absolute Gasteiger partial charge is 0.341 e. The molecule has 0 spiro atoms. The van der Waals surface area contributed by atoms with Crippen LogP contribution < -0.4 is 5.32 Å². The third-order valence-corrected chi connectivity index (χ3v) is 3.12. The minimum Gasteiger partial charge on any atom is -0.462 e. The first-order valence-electron chi connectivity index (χ1n) is 6.75. The molecule has 0 radical (unpaired) electrons. The molecule has 0 unspecified atom stereocenters. The van der Waals surface area contributed by atoms with Crippen LogP contribution in [0.15, 0.2) is 30.5 Å². The third-order valence-electron chi connectivity index (χ3n) is 3.12. The molecule has 112 valence electrons. The number of benzene rings is 1. The van der Waals surface area contributed by atoms with Gasteiger partial charge in [0.1, 0.15) is 11.4 Å². The Labute approximate surface area is 122 Å². The number of nitrogens with zero attached hydrogens (tertiary/aromatic N) is 2. The summed E-state index contributed by atoms with van der Waals surface area (Å²) in [5.74, 6) is -0.645. The lowest BCUT2D eigenvalue weighted by Crippen LogP contribution is -2.19. The molecule has 0 aliphatic carbocycles. The number of aromatic nitrogens is 2. The molecule has 0 amide bonds. The molecule has 2 rings (SSSR count). The average Bonchev–Trinajstić information content (AvgIpc) is 2.83. The fourth-order valence-corrected chi connectivity index (χ4v) is 2.01.